The number of anilines is 1. The monoisotopic (exact) mass is 282 g/mol. The third-order valence-corrected chi connectivity index (χ3v) is 3.46. The summed E-state index contributed by atoms with van der Waals surface area (Å²) >= 11 is 0. The molecule has 3 aromatic rings. The van der Waals surface area contributed by atoms with Gasteiger partial charge in [0.05, 0.1) is 11.3 Å². The molecule has 0 atom stereocenters. The van der Waals surface area contributed by atoms with Gasteiger partial charge in [0.1, 0.15) is 17.3 Å². The van der Waals surface area contributed by atoms with Crippen molar-refractivity contribution in [3.8, 4) is 22.5 Å². The zero-order valence-electron chi connectivity index (χ0n) is 11.8. The molecule has 0 aliphatic heterocycles. The Balaban J connectivity index is 2.24. The summed E-state index contributed by atoms with van der Waals surface area (Å²) in [5.41, 5.74) is 9.47. The van der Waals surface area contributed by atoms with Crippen molar-refractivity contribution >= 4 is 5.82 Å². The fraction of sp³-hybridized carbons (Fsp3) is 0.125. The van der Waals surface area contributed by atoms with Crippen molar-refractivity contribution in [2.45, 2.75) is 6.92 Å². The molecule has 0 aliphatic carbocycles. The number of hydrogen-bond acceptors (Lipinski definition) is 3. The van der Waals surface area contributed by atoms with Crippen molar-refractivity contribution in [2.75, 3.05) is 5.73 Å². The maximum atomic E-state index is 13.8. The van der Waals surface area contributed by atoms with Gasteiger partial charge in [0.15, 0.2) is 0 Å². The third-order valence-electron chi connectivity index (χ3n) is 3.46. The van der Waals surface area contributed by atoms with Crippen LogP contribution >= 0.6 is 0 Å². The Bertz CT molecular complexity index is 794. The Morgan fingerprint density at radius 3 is 2.67 bits per heavy atom. The lowest BCUT2D eigenvalue weighted by atomic mass is 10.0. The van der Waals surface area contributed by atoms with Gasteiger partial charge in [-0.2, -0.15) is 5.10 Å². The number of nitrogens with two attached hydrogens (primary N) is 1. The first-order chi connectivity index (χ1) is 10.1. The van der Waals surface area contributed by atoms with Crippen molar-refractivity contribution in [2.24, 2.45) is 7.05 Å². The van der Waals surface area contributed by atoms with E-state index in [9.17, 15) is 4.39 Å². The van der Waals surface area contributed by atoms with Crippen molar-refractivity contribution < 1.29 is 4.39 Å². The molecule has 0 saturated carbocycles. The second kappa shape index (κ2) is 5.01. The maximum Gasteiger partial charge on any atom is 0.131 e. The van der Waals surface area contributed by atoms with Crippen LogP contribution in [-0.4, -0.2) is 14.8 Å². The molecule has 0 radical (unpaired) electrons. The molecule has 3 rings (SSSR count). The van der Waals surface area contributed by atoms with Crippen LogP contribution in [0.15, 0.2) is 42.6 Å². The summed E-state index contributed by atoms with van der Waals surface area (Å²) in [6.07, 6.45) is 1.70. The Morgan fingerprint density at radius 1 is 1.19 bits per heavy atom. The topological polar surface area (TPSA) is 56.7 Å². The molecular weight excluding hydrogens is 267 g/mol. The highest BCUT2D eigenvalue weighted by Crippen LogP contribution is 2.35. The van der Waals surface area contributed by atoms with E-state index in [0.717, 1.165) is 11.3 Å². The number of benzene rings is 1. The minimum Gasteiger partial charge on any atom is -0.383 e. The summed E-state index contributed by atoms with van der Waals surface area (Å²) < 4.78 is 15.4. The second-order valence-electron chi connectivity index (χ2n) is 4.91. The average molecular weight is 282 g/mol. The standard InChI is InChI=1S/C16H15FN4/c1-10-6-7-11(9-12(10)17)15-14(16(18)21(2)20-15)13-5-3-4-8-19-13/h3-9H,18H2,1-2H3. The molecule has 5 heteroatoms. The van der Waals surface area contributed by atoms with Gasteiger partial charge in [-0.1, -0.05) is 18.2 Å². The van der Waals surface area contributed by atoms with Crippen molar-refractivity contribution in [3.63, 3.8) is 0 Å². The first kappa shape index (κ1) is 13.3. The molecule has 0 fully saturated rings. The SMILES string of the molecule is Cc1ccc(-c2nn(C)c(N)c2-c2ccccn2)cc1F. The Morgan fingerprint density at radius 2 is 2.00 bits per heavy atom. The number of nitrogens with zero attached hydrogens (tertiary/aromatic N) is 3. The van der Waals surface area contributed by atoms with Gasteiger partial charge in [-0.25, -0.2) is 4.39 Å². The number of pyridine rings is 1. The van der Waals surface area contributed by atoms with Crippen LogP contribution in [-0.2, 0) is 7.05 Å². The van der Waals surface area contributed by atoms with E-state index in [4.69, 9.17) is 5.73 Å². The molecule has 2 heterocycles. The predicted molar refractivity (Wildman–Crippen MR) is 81.0 cm³/mol. The van der Waals surface area contributed by atoms with Crippen LogP contribution in [0.2, 0.25) is 0 Å². The van der Waals surface area contributed by atoms with Gasteiger partial charge < -0.3 is 5.73 Å². The zero-order valence-corrected chi connectivity index (χ0v) is 11.8. The summed E-state index contributed by atoms with van der Waals surface area (Å²) in [4.78, 5) is 4.32. The number of halogens is 1. The molecule has 2 N–H and O–H groups in total. The zero-order chi connectivity index (χ0) is 15.0. The summed E-state index contributed by atoms with van der Waals surface area (Å²) in [5.74, 6) is 0.244. The molecule has 0 aliphatic rings. The Labute approximate surface area is 122 Å². The quantitative estimate of drug-likeness (QED) is 0.785. The summed E-state index contributed by atoms with van der Waals surface area (Å²) in [7, 11) is 1.76. The highest BCUT2D eigenvalue weighted by molar-refractivity contribution is 5.86. The smallest absolute Gasteiger partial charge is 0.131 e. The number of nitrogen functional groups attached to an aromatic ring is 1. The van der Waals surface area contributed by atoms with E-state index in [1.54, 1.807) is 30.9 Å². The number of rotatable bonds is 2. The minimum absolute atomic E-state index is 0.260. The normalized spacial score (nSPS) is 10.8. The first-order valence-electron chi connectivity index (χ1n) is 6.58. The van der Waals surface area contributed by atoms with E-state index in [1.165, 1.54) is 6.07 Å². The van der Waals surface area contributed by atoms with Crippen molar-refractivity contribution in [3.05, 3.63) is 54.0 Å². The van der Waals surface area contributed by atoms with Gasteiger partial charge in [-0.15, -0.1) is 0 Å². The molecule has 0 bridgehead atoms. The van der Waals surface area contributed by atoms with Crippen LogP contribution in [0.5, 0.6) is 0 Å². The summed E-state index contributed by atoms with van der Waals surface area (Å²) in [5, 5.41) is 4.41. The molecule has 0 unspecified atom stereocenters. The van der Waals surface area contributed by atoms with Crippen LogP contribution in [0.3, 0.4) is 0 Å². The average Bonchev–Trinajstić information content (AvgIpc) is 2.79. The molecule has 1 aromatic carbocycles. The fourth-order valence-corrected chi connectivity index (χ4v) is 2.24. The predicted octanol–water partition coefficient (Wildman–Crippen LogP) is 3.18. The van der Waals surface area contributed by atoms with Crippen molar-refractivity contribution in [1.82, 2.24) is 14.8 Å². The number of aromatic nitrogens is 3. The molecule has 106 valence electrons. The van der Waals surface area contributed by atoms with E-state index in [1.807, 2.05) is 24.3 Å². The van der Waals surface area contributed by atoms with E-state index in [-0.39, 0.29) is 5.82 Å². The van der Waals surface area contributed by atoms with Crippen LogP contribution in [0, 0.1) is 12.7 Å². The highest BCUT2D eigenvalue weighted by Gasteiger charge is 2.18. The van der Waals surface area contributed by atoms with Crippen LogP contribution in [0.25, 0.3) is 22.5 Å². The lowest BCUT2D eigenvalue weighted by molar-refractivity contribution is 0.619. The molecule has 4 nitrogen and oxygen atoms in total. The fourth-order valence-electron chi connectivity index (χ4n) is 2.24. The molecule has 0 amide bonds. The molecule has 2 aromatic heterocycles. The van der Waals surface area contributed by atoms with Gasteiger partial charge in [0, 0.05) is 18.8 Å². The van der Waals surface area contributed by atoms with Crippen LogP contribution < -0.4 is 5.73 Å². The summed E-state index contributed by atoms with van der Waals surface area (Å²) in [6.45, 7) is 1.73. The van der Waals surface area contributed by atoms with Crippen LogP contribution in [0.4, 0.5) is 10.2 Å². The molecule has 0 spiro atoms. The van der Waals surface area contributed by atoms with E-state index in [0.29, 0.717) is 22.6 Å². The minimum atomic E-state index is -0.260. The van der Waals surface area contributed by atoms with Gasteiger partial charge in [0.25, 0.3) is 0 Å². The second-order valence-corrected chi connectivity index (χ2v) is 4.91. The largest absolute Gasteiger partial charge is 0.383 e. The lowest BCUT2D eigenvalue weighted by Gasteiger charge is -2.04. The molecule has 0 saturated heterocycles. The van der Waals surface area contributed by atoms with E-state index >= 15 is 0 Å². The van der Waals surface area contributed by atoms with Gasteiger partial charge in [-0.3, -0.25) is 9.67 Å². The third kappa shape index (κ3) is 2.27. The van der Waals surface area contributed by atoms with Gasteiger partial charge in [-0.05, 0) is 30.7 Å². The van der Waals surface area contributed by atoms with Crippen LogP contribution in [0.1, 0.15) is 5.56 Å². The van der Waals surface area contributed by atoms with Gasteiger partial charge >= 0.3 is 0 Å². The first-order valence-corrected chi connectivity index (χ1v) is 6.58. The molecule has 21 heavy (non-hydrogen) atoms. The Hall–Kier alpha value is -2.69. The van der Waals surface area contributed by atoms with Crippen molar-refractivity contribution in [1.29, 1.82) is 0 Å². The number of aryl methyl sites for hydroxylation is 2. The lowest BCUT2D eigenvalue weighted by Crippen LogP contribution is -1.98. The van der Waals surface area contributed by atoms with E-state index in [2.05, 4.69) is 10.1 Å². The Kier molecular flexibility index (Phi) is 3.17. The number of hydrogen-bond donors (Lipinski definition) is 1. The summed E-state index contributed by atoms with van der Waals surface area (Å²) in [6, 6.07) is 10.6. The maximum absolute atomic E-state index is 13.8. The molecular formula is C16H15FN4. The van der Waals surface area contributed by atoms with E-state index < -0.39 is 0 Å². The highest BCUT2D eigenvalue weighted by atomic mass is 19.1. The van der Waals surface area contributed by atoms with Gasteiger partial charge in [0.2, 0.25) is 0 Å².